The van der Waals surface area contributed by atoms with Gasteiger partial charge >= 0.3 is 0 Å². The quantitative estimate of drug-likeness (QED) is 0.224. The number of allylic oxidation sites excluding steroid dienone is 2. The largest absolute Gasteiger partial charge is 0.398 e. The van der Waals surface area contributed by atoms with Gasteiger partial charge in [0.15, 0.2) is 17.4 Å². The fraction of sp³-hybridized carbons (Fsp3) is 0.433. The number of fused-ring (bicyclic) bond motifs is 1. The molecule has 3 aromatic rings. The lowest BCUT2D eigenvalue weighted by molar-refractivity contribution is -0.134. The molecule has 2 aliphatic rings. The van der Waals surface area contributed by atoms with Gasteiger partial charge in [0.1, 0.15) is 0 Å². The van der Waals surface area contributed by atoms with Crippen molar-refractivity contribution >= 4 is 51.0 Å². The molecule has 0 unspecified atom stereocenters. The van der Waals surface area contributed by atoms with E-state index in [2.05, 4.69) is 15.9 Å². The Morgan fingerprint density at radius 1 is 1.07 bits per heavy atom. The van der Waals surface area contributed by atoms with E-state index in [-0.39, 0.29) is 24.5 Å². The Bertz CT molecular complexity index is 1470. The number of morpholine rings is 1. The molecule has 1 aromatic carbocycles. The third kappa shape index (κ3) is 6.80. The number of ketones is 1. The number of hydrogen-bond donors (Lipinski definition) is 2. The molecular weight excluding hydrogens is 538 g/mol. The number of nitrogens with one attached hydrogen (secondary N) is 1. The number of rotatable bonds is 9. The number of hydrogen-bond acceptors (Lipinski definition) is 10. The van der Waals surface area contributed by atoms with Crippen LogP contribution in [0.4, 0.5) is 11.5 Å². The van der Waals surface area contributed by atoms with Gasteiger partial charge in [0, 0.05) is 86.6 Å². The van der Waals surface area contributed by atoms with Crippen molar-refractivity contribution in [2.75, 3.05) is 63.1 Å². The van der Waals surface area contributed by atoms with Crippen LogP contribution in [0.2, 0.25) is 0 Å². The monoisotopic (exact) mass is 575 g/mol. The Balaban J connectivity index is 1.32. The average Bonchev–Trinajstić information content (AvgIpc) is 3.38. The summed E-state index contributed by atoms with van der Waals surface area (Å²) in [6.45, 7) is 10.2. The lowest BCUT2D eigenvalue weighted by Gasteiger charge is -2.34. The molecule has 0 spiro atoms. The maximum Gasteiger partial charge on any atom is 0.223 e. The highest BCUT2D eigenvalue weighted by Gasteiger charge is 2.24. The van der Waals surface area contributed by atoms with E-state index in [4.69, 9.17) is 25.8 Å². The van der Waals surface area contributed by atoms with Crippen LogP contribution in [0.25, 0.3) is 21.6 Å². The second kappa shape index (κ2) is 12.9. The molecule has 2 aromatic heterocycles. The molecule has 0 saturated carbocycles. The van der Waals surface area contributed by atoms with Crippen molar-refractivity contribution in [2.24, 2.45) is 0 Å². The number of aromatic nitrogens is 2. The van der Waals surface area contributed by atoms with Crippen LogP contribution in [-0.4, -0.2) is 90.2 Å². The summed E-state index contributed by atoms with van der Waals surface area (Å²) in [7, 11) is 0. The topological polar surface area (TPSA) is 129 Å². The Hall–Kier alpha value is -3.67. The minimum absolute atomic E-state index is 0.00855. The molecule has 10 nitrogen and oxygen atoms in total. The number of thiophene rings is 1. The van der Waals surface area contributed by atoms with Crippen LogP contribution < -0.4 is 10.6 Å². The number of piperazine rings is 1. The number of anilines is 2. The zero-order chi connectivity index (χ0) is 28.9. The van der Waals surface area contributed by atoms with Crippen LogP contribution in [0, 0.1) is 5.41 Å². The van der Waals surface area contributed by atoms with Gasteiger partial charge < -0.3 is 25.7 Å². The van der Waals surface area contributed by atoms with E-state index in [1.54, 1.807) is 23.5 Å². The van der Waals surface area contributed by atoms with E-state index in [0.717, 1.165) is 59.9 Å². The highest BCUT2D eigenvalue weighted by Crippen LogP contribution is 2.36. The predicted molar refractivity (Wildman–Crippen MR) is 164 cm³/mol. The van der Waals surface area contributed by atoms with Crippen molar-refractivity contribution in [3.05, 3.63) is 46.4 Å². The summed E-state index contributed by atoms with van der Waals surface area (Å²) in [5, 5.41) is 7.91. The van der Waals surface area contributed by atoms with Gasteiger partial charge in [-0.15, -0.1) is 11.3 Å². The first kappa shape index (κ1) is 28.8. The van der Waals surface area contributed by atoms with Crippen molar-refractivity contribution in [1.82, 2.24) is 19.8 Å². The fourth-order valence-corrected chi connectivity index (χ4v) is 6.40. The molecule has 0 atom stereocenters. The predicted octanol–water partition coefficient (Wildman–Crippen LogP) is 3.73. The first-order chi connectivity index (χ1) is 19.8. The molecule has 0 aliphatic carbocycles. The van der Waals surface area contributed by atoms with Crippen LogP contribution in [0.3, 0.4) is 0 Å². The first-order valence-electron chi connectivity index (χ1n) is 14.0. The summed E-state index contributed by atoms with van der Waals surface area (Å²) in [4.78, 5) is 42.2. The summed E-state index contributed by atoms with van der Waals surface area (Å²) in [6.07, 6.45) is 3.39. The molecule has 1 amide bonds. The van der Waals surface area contributed by atoms with Crippen molar-refractivity contribution in [3.8, 4) is 11.4 Å². The van der Waals surface area contributed by atoms with E-state index in [1.165, 1.54) is 11.1 Å². The van der Waals surface area contributed by atoms with Crippen molar-refractivity contribution in [3.63, 3.8) is 0 Å². The molecule has 0 bridgehead atoms. The molecule has 2 aliphatic heterocycles. The number of nitrogen functional groups attached to an aromatic ring is 1. The molecular formula is C30H37N7O3S. The maximum absolute atomic E-state index is 12.7. The lowest BCUT2D eigenvalue weighted by atomic mass is 10.1. The molecule has 3 N–H and O–H groups in total. The van der Waals surface area contributed by atoms with Crippen LogP contribution >= 0.6 is 11.3 Å². The minimum Gasteiger partial charge on any atom is -0.398 e. The smallest absolute Gasteiger partial charge is 0.223 e. The highest BCUT2D eigenvalue weighted by molar-refractivity contribution is 7.19. The third-order valence-corrected chi connectivity index (χ3v) is 8.48. The van der Waals surface area contributed by atoms with Crippen LogP contribution in [0.15, 0.2) is 35.9 Å². The molecule has 41 heavy (non-hydrogen) atoms. The number of amides is 1. The van der Waals surface area contributed by atoms with E-state index < -0.39 is 0 Å². The number of carbonyl (C=O) groups excluding carboxylic acids is 2. The minimum atomic E-state index is 0.00855. The van der Waals surface area contributed by atoms with Crippen LogP contribution in [-0.2, 0) is 20.9 Å². The normalized spacial score (nSPS) is 16.1. The SMILES string of the molecule is CC(C)=CC(=O)CCC(=O)N1CCN(Cc2cc3nc(-c4cccc(N)c4C=N)nc(N4CCOCC4)c3s2)CC1. The molecule has 0 radical (unpaired) electrons. The van der Waals surface area contributed by atoms with Crippen LogP contribution in [0.5, 0.6) is 0 Å². The van der Waals surface area contributed by atoms with Gasteiger partial charge in [-0.3, -0.25) is 14.5 Å². The zero-order valence-electron chi connectivity index (χ0n) is 23.7. The summed E-state index contributed by atoms with van der Waals surface area (Å²) in [6, 6.07) is 7.69. The molecule has 11 heteroatoms. The van der Waals surface area contributed by atoms with Gasteiger partial charge in [0.25, 0.3) is 0 Å². The van der Waals surface area contributed by atoms with Gasteiger partial charge in [0.2, 0.25) is 5.91 Å². The van der Waals surface area contributed by atoms with Gasteiger partial charge in [-0.2, -0.15) is 0 Å². The van der Waals surface area contributed by atoms with Crippen LogP contribution in [0.1, 0.15) is 37.1 Å². The molecule has 2 saturated heterocycles. The molecule has 4 heterocycles. The number of nitrogens with zero attached hydrogens (tertiary/aromatic N) is 5. The van der Waals surface area contributed by atoms with Crippen molar-refractivity contribution in [2.45, 2.75) is 33.2 Å². The first-order valence-corrected chi connectivity index (χ1v) is 14.8. The Morgan fingerprint density at radius 3 is 2.54 bits per heavy atom. The molecule has 2 fully saturated rings. The van der Waals surface area contributed by atoms with E-state index in [1.807, 2.05) is 30.9 Å². The maximum atomic E-state index is 12.7. The van der Waals surface area contributed by atoms with Gasteiger partial charge in [0.05, 0.1) is 23.4 Å². The van der Waals surface area contributed by atoms with E-state index in [0.29, 0.717) is 43.4 Å². The zero-order valence-corrected chi connectivity index (χ0v) is 24.5. The number of carbonyl (C=O) groups is 2. The highest BCUT2D eigenvalue weighted by atomic mass is 32.1. The summed E-state index contributed by atoms with van der Waals surface area (Å²) in [5.41, 5.74) is 9.89. The second-order valence-electron chi connectivity index (χ2n) is 10.7. The molecule has 216 valence electrons. The summed E-state index contributed by atoms with van der Waals surface area (Å²) >= 11 is 1.71. The summed E-state index contributed by atoms with van der Waals surface area (Å²) in [5.74, 6) is 1.50. The number of benzene rings is 1. The van der Waals surface area contributed by atoms with Gasteiger partial charge in [-0.05, 0) is 32.1 Å². The molecule has 5 rings (SSSR count). The van der Waals surface area contributed by atoms with Gasteiger partial charge in [-0.25, -0.2) is 9.97 Å². The van der Waals surface area contributed by atoms with Crippen molar-refractivity contribution in [1.29, 1.82) is 5.41 Å². The fourth-order valence-electron chi connectivity index (χ4n) is 5.25. The second-order valence-corrected chi connectivity index (χ2v) is 11.8. The standard InChI is InChI=1S/C30H37N7O3S/c1-20(2)16-21(38)6-7-27(39)36-10-8-35(9-11-36)19-22-17-26-28(41-22)30(37-12-14-40-15-13-37)34-29(33-26)23-4-3-5-25(32)24(23)18-31/h3-5,16-18,31H,6-15,19,32H2,1-2H3. The average molecular weight is 576 g/mol. The Morgan fingerprint density at radius 2 is 1.83 bits per heavy atom. The Labute approximate surface area is 244 Å². The Kier molecular flexibility index (Phi) is 9.06. The summed E-state index contributed by atoms with van der Waals surface area (Å²) < 4.78 is 6.63. The van der Waals surface area contributed by atoms with E-state index >= 15 is 0 Å². The van der Waals surface area contributed by atoms with Gasteiger partial charge in [-0.1, -0.05) is 17.7 Å². The third-order valence-electron chi connectivity index (χ3n) is 7.38. The van der Waals surface area contributed by atoms with Crippen molar-refractivity contribution < 1.29 is 14.3 Å². The lowest BCUT2D eigenvalue weighted by Crippen LogP contribution is -2.48. The van der Waals surface area contributed by atoms with E-state index in [9.17, 15) is 9.59 Å². The number of nitrogens with two attached hydrogens (primary N) is 1. The number of ether oxygens (including phenoxy) is 1.